The number of likely N-dealkylation sites (tertiary alicyclic amines) is 1. The van der Waals surface area contributed by atoms with Crippen molar-refractivity contribution in [2.24, 2.45) is 5.41 Å². The molecule has 6 nitrogen and oxygen atoms in total. The number of rotatable bonds is 7. The van der Waals surface area contributed by atoms with Crippen LogP contribution in [0.4, 0.5) is 0 Å². The number of aromatic amines is 1. The Labute approximate surface area is 196 Å². The van der Waals surface area contributed by atoms with Crippen LogP contribution >= 0.6 is 11.6 Å². The van der Waals surface area contributed by atoms with Gasteiger partial charge in [0.25, 0.3) is 0 Å². The topological polar surface area (TPSA) is 51.8 Å². The summed E-state index contributed by atoms with van der Waals surface area (Å²) in [6.07, 6.45) is 4.57. The number of carbonyl (C=O) groups excluding carboxylic acids is 1. The van der Waals surface area contributed by atoms with Gasteiger partial charge in [-0.15, -0.1) is 0 Å². The molecule has 2 aromatic rings. The number of piperidine rings is 1. The first-order valence-corrected chi connectivity index (χ1v) is 12.0. The van der Waals surface area contributed by atoms with E-state index >= 15 is 0 Å². The summed E-state index contributed by atoms with van der Waals surface area (Å²) in [5.41, 5.74) is 2.02. The highest BCUT2D eigenvalue weighted by Gasteiger charge is 2.40. The minimum absolute atomic E-state index is 0.196. The van der Waals surface area contributed by atoms with E-state index in [0.29, 0.717) is 13.0 Å². The predicted octanol–water partition coefficient (Wildman–Crippen LogP) is 3.80. The van der Waals surface area contributed by atoms with Gasteiger partial charge in [0.15, 0.2) is 0 Å². The number of H-pyrrole nitrogens is 1. The van der Waals surface area contributed by atoms with E-state index in [1.807, 2.05) is 42.3 Å². The molecule has 2 aliphatic rings. The lowest BCUT2D eigenvalue weighted by atomic mass is 9.77. The molecule has 0 unspecified atom stereocenters. The molecular weight excluding hydrogens is 424 g/mol. The Kier molecular flexibility index (Phi) is 7.44. The van der Waals surface area contributed by atoms with Gasteiger partial charge in [0, 0.05) is 68.0 Å². The van der Waals surface area contributed by atoms with Crippen LogP contribution in [0.1, 0.15) is 30.5 Å². The summed E-state index contributed by atoms with van der Waals surface area (Å²) < 4.78 is 6.30. The normalized spacial score (nSPS) is 22.8. The van der Waals surface area contributed by atoms with Gasteiger partial charge >= 0.3 is 0 Å². The molecule has 1 N–H and O–H groups in total. The number of amides is 1. The number of hydrogen-bond donors (Lipinski definition) is 1. The van der Waals surface area contributed by atoms with E-state index in [1.165, 1.54) is 5.69 Å². The van der Waals surface area contributed by atoms with Gasteiger partial charge in [0.05, 0.1) is 6.61 Å². The Balaban J connectivity index is 1.48. The van der Waals surface area contributed by atoms with Crippen LogP contribution in [0.2, 0.25) is 5.02 Å². The van der Waals surface area contributed by atoms with Gasteiger partial charge in [0.1, 0.15) is 5.75 Å². The number of carbonyl (C=O) groups is 1. The number of nitrogens with one attached hydrogen (secondary N) is 1. The number of hydrogen-bond acceptors (Lipinski definition) is 4. The SMILES string of the molecule is Cc1cc(OC[C@]2(CC(=O)N3CCN(C)CC3)CCCN(Cc3ccc[nH]3)C2)ccc1Cl. The van der Waals surface area contributed by atoms with Gasteiger partial charge in [-0.2, -0.15) is 0 Å². The number of ether oxygens (including phenoxy) is 1. The fourth-order valence-corrected chi connectivity index (χ4v) is 5.01. The lowest BCUT2D eigenvalue weighted by molar-refractivity contribution is -0.137. The Hall–Kier alpha value is -2.02. The molecule has 0 spiro atoms. The number of likely N-dealkylation sites (N-methyl/N-ethyl adjacent to an activating group) is 1. The molecule has 174 valence electrons. The standard InChI is InChI=1S/C25H35ClN4O2/c1-20-15-22(6-7-23(20)26)32-19-25(16-24(31)30-13-11-28(2)12-14-30)8-4-10-29(18-25)17-21-5-3-9-27-21/h3,5-7,9,15,27H,4,8,10-14,16-19H2,1-2H3/t25-/m0/s1. The summed E-state index contributed by atoms with van der Waals surface area (Å²) >= 11 is 6.19. The summed E-state index contributed by atoms with van der Waals surface area (Å²) in [7, 11) is 2.12. The molecule has 2 fully saturated rings. The molecule has 1 aromatic heterocycles. The van der Waals surface area contributed by atoms with Crippen LogP contribution in [0, 0.1) is 12.3 Å². The Bertz CT molecular complexity index is 895. The molecule has 0 aliphatic carbocycles. The zero-order valence-corrected chi connectivity index (χ0v) is 20.0. The zero-order valence-electron chi connectivity index (χ0n) is 19.3. The molecule has 1 atom stereocenters. The number of halogens is 1. The average Bonchev–Trinajstić information content (AvgIpc) is 3.28. The Morgan fingerprint density at radius 1 is 1.19 bits per heavy atom. The number of benzene rings is 1. The first-order chi connectivity index (χ1) is 15.4. The largest absolute Gasteiger partial charge is 0.493 e. The van der Waals surface area contributed by atoms with Crippen molar-refractivity contribution < 1.29 is 9.53 Å². The minimum Gasteiger partial charge on any atom is -0.493 e. The van der Waals surface area contributed by atoms with E-state index in [-0.39, 0.29) is 11.3 Å². The monoisotopic (exact) mass is 458 g/mol. The van der Waals surface area contributed by atoms with E-state index in [4.69, 9.17) is 16.3 Å². The molecule has 3 heterocycles. The summed E-state index contributed by atoms with van der Waals surface area (Å²) in [6, 6.07) is 9.95. The fourth-order valence-electron chi connectivity index (χ4n) is 4.90. The number of aromatic nitrogens is 1. The van der Waals surface area contributed by atoms with Crippen molar-refractivity contribution in [2.75, 3.05) is 52.9 Å². The van der Waals surface area contributed by atoms with E-state index in [9.17, 15) is 4.79 Å². The third-order valence-electron chi connectivity index (χ3n) is 6.85. The molecule has 1 amide bonds. The second-order valence-electron chi connectivity index (χ2n) is 9.57. The number of piperazine rings is 1. The van der Waals surface area contributed by atoms with Crippen molar-refractivity contribution in [2.45, 2.75) is 32.7 Å². The summed E-state index contributed by atoms with van der Waals surface area (Å²) in [4.78, 5) is 23.4. The summed E-state index contributed by atoms with van der Waals surface area (Å²) in [5, 5.41) is 0.743. The number of nitrogens with zero attached hydrogens (tertiary/aromatic N) is 3. The van der Waals surface area contributed by atoms with Crippen molar-refractivity contribution in [1.82, 2.24) is 19.7 Å². The third kappa shape index (κ3) is 5.85. The number of aryl methyl sites for hydroxylation is 1. The maximum atomic E-state index is 13.3. The highest BCUT2D eigenvalue weighted by molar-refractivity contribution is 6.31. The molecule has 2 saturated heterocycles. The van der Waals surface area contributed by atoms with Gasteiger partial charge in [-0.05, 0) is 69.3 Å². The molecule has 0 radical (unpaired) electrons. The molecular formula is C25H35ClN4O2. The van der Waals surface area contributed by atoms with Crippen molar-refractivity contribution in [1.29, 1.82) is 0 Å². The second kappa shape index (κ2) is 10.3. The van der Waals surface area contributed by atoms with Crippen LogP contribution < -0.4 is 4.74 Å². The van der Waals surface area contributed by atoms with E-state index in [2.05, 4.69) is 27.9 Å². The Morgan fingerprint density at radius 2 is 2.00 bits per heavy atom. The second-order valence-corrected chi connectivity index (χ2v) is 9.98. The van der Waals surface area contributed by atoms with Crippen LogP contribution in [-0.2, 0) is 11.3 Å². The highest BCUT2D eigenvalue weighted by Crippen LogP contribution is 2.36. The van der Waals surface area contributed by atoms with Crippen LogP contribution in [0.15, 0.2) is 36.5 Å². The molecule has 4 rings (SSSR count). The van der Waals surface area contributed by atoms with Gasteiger partial charge in [0.2, 0.25) is 5.91 Å². The predicted molar refractivity (Wildman–Crippen MR) is 128 cm³/mol. The lowest BCUT2D eigenvalue weighted by Gasteiger charge is -2.43. The first-order valence-electron chi connectivity index (χ1n) is 11.6. The van der Waals surface area contributed by atoms with E-state index in [0.717, 1.165) is 75.0 Å². The zero-order chi connectivity index (χ0) is 22.6. The fraction of sp³-hybridized carbons (Fsp3) is 0.560. The molecule has 0 bridgehead atoms. The maximum absolute atomic E-state index is 13.3. The molecule has 32 heavy (non-hydrogen) atoms. The molecule has 0 saturated carbocycles. The van der Waals surface area contributed by atoms with Gasteiger partial charge in [-0.25, -0.2) is 0 Å². The van der Waals surface area contributed by atoms with Crippen molar-refractivity contribution in [3.8, 4) is 5.75 Å². The average molecular weight is 459 g/mol. The quantitative estimate of drug-likeness (QED) is 0.685. The first kappa shape index (κ1) is 23.1. The molecule has 1 aromatic carbocycles. The summed E-state index contributed by atoms with van der Waals surface area (Å²) in [5.74, 6) is 1.08. The van der Waals surface area contributed by atoms with Gasteiger partial charge in [-0.1, -0.05) is 11.6 Å². The van der Waals surface area contributed by atoms with E-state index < -0.39 is 0 Å². The minimum atomic E-state index is -0.196. The van der Waals surface area contributed by atoms with E-state index in [1.54, 1.807) is 0 Å². The van der Waals surface area contributed by atoms with Crippen LogP contribution in [0.25, 0.3) is 0 Å². The molecule has 2 aliphatic heterocycles. The third-order valence-corrected chi connectivity index (χ3v) is 7.28. The lowest BCUT2D eigenvalue weighted by Crippen LogP contribution is -2.52. The maximum Gasteiger partial charge on any atom is 0.223 e. The molecule has 7 heteroatoms. The van der Waals surface area contributed by atoms with Crippen molar-refractivity contribution in [3.05, 3.63) is 52.8 Å². The van der Waals surface area contributed by atoms with Crippen LogP contribution in [-0.4, -0.2) is 78.5 Å². The van der Waals surface area contributed by atoms with Crippen molar-refractivity contribution >= 4 is 17.5 Å². The summed E-state index contributed by atoms with van der Waals surface area (Å²) in [6.45, 7) is 8.81. The van der Waals surface area contributed by atoms with Crippen molar-refractivity contribution in [3.63, 3.8) is 0 Å². The van der Waals surface area contributed by atoms with Crippen LogP contribution in [0.5, 0.6) is 5.75 Å². The van der Waals surface area contributed by atoms with Gasteiger partial charge in [-0.3, -0.25) is 9.69 Å². The smallest absolute Gasteiger partial charge is 0.223 e. The van der Waals surface area contributed by atoms with Crippen LogP contribution in [0.3, 0.4) is 0 Å². The highest BCUT2D eigenvalue weighted by atomic mass is 35.5. The Morgan fingerprint density at radius 3 is 2.72 bits per heavy atom. The van der Waals surface area contributed by atoms with Gasteiger partial charge < -0.3 is 19.5 Å².